The van der Waals surface area contributed by atoms with Gasteiger partial charge in [-0.05, 0) is 55.9 Å². The third kappa shape index (κ3) is 13.5. The van der Waals surface area contributed by atoms with Gasteiger partial charge in [0, 0.05) is 47.7 Å². The fourth-order valence-corrected chi connectivity index (χ4v) is 6.29. The normalized spacial score (nSPS) is 17.6. The van der Waals surface area contributed by atoms with Gasteiger partial charge in [0.25, 0.3) is 0 Å². The molecule has 0 aromatic heterocycles. The molecule has 0 aromatic carbocycles. The molecule has 13 nitrogen and oxygen atoms in total. The number of rotatable bonds is 20. The summed E-state index contributed by atoms with van der Waals surface area (Å²) in [7, 11) is 6.15. The van der Waals surface area contributed by atoms with Crippen LogP contribution in [0.1, 0.15) is 87.5 Å². The maximum Gasteiger partial charge on any atom is 0.246 e. The van der Waals surface area contributed by atoms with Gasteiger partial charge in [-0.2, -0.15) is 0 Å². The number of aliphatic hydroxyl groups is 1. The Labute approximate surface area is 295 Å². The van der Waals surface area contributed by atoms with Crippen LogP contribution < -0.4 is 10.6 Å². The molecule has 0 saturated carbocycles. The number of hydrogen-bond donors (Lipinski definition) is 3. The molecule has 1 saturated heterocycles. The Bertz CT molecular complexity index is 1060. The second-order valence-corrected chi connectivity index (χ2v) is 14.9. The van der Waals surface area contributed by atoms with Gasteiger partial charge in [0.1, 0.15) is 24.2 Å². The largest absolute Gasteiger partial charge is 0.390 e. The summed E-state index contributed by atoms with van der Waals surface area (Å²) in [5.74, 6) is -2.34. The average molecular weight is 697 g/mol. The van der Waals surface area contributed by atoms with Crippen LogP contribution in [0.15, 0.2) is 0 Å². The van der Waals surface area contributed by atoms with E-state index < -0.39 is 42.1 Å². The number of nitrogens with zero attached hydrogens (tertiary/aromatic N) is 4. The van der Waals surface area contributed by atoms with E-state index in [4.69, 9.17) is 4.74 Å². The molecule has 0 unspecified atom stereocenters. The number of morpholine rings is 1. The minimum absolute atomic E-state index is 0.104. The number of nitrogens with one attached hydrogen (secondary N) is 2. The number of aliphatic hydroxyl groups excluding tert-OH is 1. The molecule has 1 fully saturated rings. The van der Waals surface area contributed by atoms with E-state index in [9.17, 15) is 29.1 Å². The first-order valence-corrected chi connectivity index (χ1v) is 18.2. The van der Waals surface area contributed by atoms with Crippen molar-refractivity contribution < 1.29 is 33.8 Å². The number of hydrogen-bond acceptors (Lipinski definition) is 8. The molecule has 13 heteroatoms. The van der Waals surface area contributed by atoms with Gasteiger partial charge in [-0.3, -0.25) is 28.9 Å². The number of likely N-dealkylation sites (N-methyl/N-ethyl adjacent to an activating group) is 4. The van der Waals surface area contributed by atoms with Crippen LogP contribution in [-0.2, 0) is 28.7 Å². The lowest BCUT2D eigenvalue weighted by Crippen LogP contribution is -2.63. The average Bonchev–Trinajstić information content (AvgIpc) is 3.06. The van der Waals surface area contributed by atoms with Gasteiger partial charge in [0.05, 0.1) is 19.3 Å². The summed E-state index contributed by atoms with van der Waals surface area (Å²) < 4.78 is 5.44. The van der Waals surface area contributed by atoms with E-state index in [-0.39, 0.29) is 35.5 Å². The summed E-state index contributed by atoms with van der Waals surface area (Å²) in [6.45, 7) is 18.8. The molecule has 284 valence electrons. The lowest BCUT2D eigenvalue weighted by molar-refractivity contribution is -0.156. The molecule has 1 aliphatic rings. The number of ether oxygens (including phenoxy) is 1. The van der Waals surface area contributed by atoms with Gasteiger partial charge in [-0.1, -0.05) is 55.4 Å². The molecule has 0 aliphatic carbocycles. The summed E-state index contributed by atoms with van der Waals surface area (Å²) in [5.41, 5.74) is 0. The Morgan fingerprint density at radius 2 is 1.37 bits per heavy atom. The molecule has 1 heterocycles. The quantitative estimate of drug-likeness (QED) is 0.175. The molecule has 0 spiro atoms. The second-order valence-electron chi connectivity index (χ2n) is 14.9. The standard InChI is InChI=1S/C36H68N6O7/c1-13-27(33(45)37-9)38-34(46)31(32(44)26(8)16-17-42-18-20-49-21-19-42)41(12)36(48)30(25(6)7)40(11)35(47)28(22-24(4)5)39(10)29(43)15-14-23(2)3/h23-28,30-32,44H,13-22H2,1-12H3,(H,37,45)(H,38,46)/t26-,27+,28+,30+,31+,32-/m1/s1. The lowest BCUT2D eigenvalue weighted by atomic mass is 9.91. The molecule has 1 rings (SSSR count). The summed E-state index contributed by atoms with van der Waals surface area (Å²) in [5, 5.41) is 17.0. The van der Waals surface area contributed by atoms with Gasteiger partial charge in [0.2, 0.25) is 29.5 Å². The summed E-state index contributed by atoms with van der Waals surface area (Å²) in [4.78, 5) is 74.6. The van der Waals surface area contributed by atoms with Gasteiger partial charge in [0.15, 0.2) is 0 Å². The highest BCUT2D eigenvalue weighted by Gasteiger charge is 2.43. The zero-order valence-corrected chi connectivity index (χ0v) is 32.5. The zero-order chi connectivity index (χ0) is 37.6. The van der Waals surface area contributed by atoms with Gasteiger partial charge >= 0.3 is 0 Å². The van der Waals surface area contributed by atoms with E-state index in [0.717, 1.165) is 13.1 Å². The molecule has 5 amide bonds. The zero-order valence-electron chi connectivity index (χ0n) is 32.5. The molecule has 6 atom stereocenters. The van der Waals surface area contributed by atoms with E-state index in [2.05, 4.69) is 15.5 Å². The van der Waals surface area contributed by atoms with Crippen molar-refractivity contribution in [3.05, 3.63) is 0 Å². The first kappa shape index (κ1) is 44.3. The van der Waals surface area contributed by atoms with Crippen LogP contribution in [0.2, 0.25) is 0 Å². The van der Waals surface area contributed by atoms with Gasteiger partial charge in [-0.15, -0.1) is 0 Å². The van der Waals surface area contributed by atoms with Crippen LogP contribution in [0.3, 0.4) is 0 Å². The second kappa shape index (κ2) is 21.4. The van der Waals surface area contributed by atoms with E-state index >= 15 is 0 Å². The Balaban J connectivity index is 3.44. The molecular formula is C36H68N6O7. The minimum Gasteiger partial charge on any atom is -0.390 e. The fraction of sp³-hybridized carbons (Fsp3) is 0.861. The van der Waals surface area contributed by atoms with Gasteiger partial charge in [-0.25, -0.2) is 0 Å². The predicted molar refractivity (Wildman–Crippen MR) is 191 cm³/mol. The smallest absolute Gasteiger partial charge is 0.246 e. The van der Waals surface area contributed by atoms with Crippen LogP contribution in [0.25, 0.3) is 0 Å². The first-order chi connectivity index (χ1) is 22.9. The Kier molecular flexibility index (Phi) is 19.4. The van der Waals surface area contributed by atoms with Gasteiger partial charge < -0.3 is 35.2 Å². The highest BCUT2D eigenvalue weighted by atomic mass is 16.5. The Morgan fingerprint density at radius 3 is 1.86 bits per heavy atom. The summed E-state index contributed by atoms with van der Waals surface area (Å²) in [6.07, 6.45) is 1.07. The van der Waals surface area contributed by atoms with Crippen molar-refractivity contribution in [2.45, 2.75) is 118 Å². The van der Waals surface area contributed by atoms with E-state index in [1.165, 1.54) is 28.8 Å². The van der Waals surface area contributed by atoms with Crippen molar-refractivity contribution in [2.24, 2.45) is 23.7 Å². The van der Waals surface area contributed by atoms with E-state index in [1.807, 2.05) is 48.5 Å². The highest BCUT2D eigenvalue weighted by molar-refractivity contribution is 5.95. The minimum atomic E-state index is -1.33. The number of amides is 5. The Hall–Kier alpha value is -2.77. The van der Waals surface area contributed by atoms with Crippen molar-refractivity contribution in [3.8, 4) is 0 Å². The number of carbonyl (C=O) groups is 5. The third-order valence-corrected chi connectivity index (χ3v) is 9.66. The fourth-order valence-electron chi connectivity index (χ4n) is 6.29. The molecule has 1 aliphatic heterocycles. The molecule has 3 N–H and O–H groups in total. The highest BCUT2D eigenvalue weighted by Crippen LogP contribution is 2.23. The van der Waals surface area contributed by atoms with Crippen LogP contribution in [0, 0.1) is 23.7 Å². The topological polar surface area (TPSA) is 152 Å². The van der Waals surface area contributed by atoms with Crippen molar-refractivity contribution >= 4 is 29.5 Å². The number of carbonyl (C=O) groups excluding carboxylic acids is 5. The molecule has 0 aromatic rings. The van der Waals surface area contributed by atoms with E-state index in [1.54, 1.807) is 21.0 Å². The monoisotopic (exact) mass is 697 g/mol. The SMILES string of the molecule is CC[C@H](NC(=O)[C@H]([C@H](O)[C@H](C)CCN1CCOCC1)N(C)C(=O)[C@H](C(C)C)N(C)C(=O)[C@H](CC(C)C)N(C)C(=O)CCC(C)C)C(=O)NC. The van der Waals surface area contributed by atoms with Crippen molar-refractivity contribution in [1.82, 2.24) is 30.2 Å². The maximum absolute atomic E-state index is 14.4. The molecule has 0 radical (unpaired) electrons. The van der Waals surface area contributed by atoms with Crippen molar-refractivity contribution in [2.75, 3.05) is 61.0 Å². The molecular weight excluding hydrogens is 628 g/mol. The van der Waals surface area contributed by atoms with E-state index in [0.29, 0.717) is 57.8 Å². The Morgan fingerprint density at radius 1 is 0.796 bits per heavy atom. The van der Waals surface area contributed by atoms with Crippen LogP contribution in [-0.4, -0.2) is 146 Å². The van der Waals surface area contributed by atoms with Crippen molar-refractivity contribution in [3.63, 3.8) is 0 Å². The first-order valence-electron chi connectivity index (χ1n) is 18.2. The predicted octanol–water partition coefficient (Wildman–Crippen LogP) is 1.97. The summed E-state index contributed by atoms with van der Waals surface area (Å²) in [6, 6.07) is -3.95. The van der Waals surface area contributed by atoms with Crippen LogP contribution in [0.5, 0.6) is 0 Å². The molecule has 49 heavy (non-hydrogen) atoms. The molecule has 0 bridgehead atoms. The van der Waals surface area contributed by atoms with Crippen LogP contribution >= 0.6 is 0 Å². The lowest BCUT2D eigenvalue weighted by Gasteiger charge is -2.41. The maximum atomic E-state index is 14.4. The van der Waals surface area contributed by atoms with Crippen molar-refractivity contribution in [1.29, 1.82) is 0 Å². The summed E-state index contributed by atoms with van der Waals surface area (Å²) >= 11 is 0. The van der Waals surface area contributed by atoms with Crippen LogP contribution in [0.4, 0.5) is 0 Å². The third-order valence-electron chi connectivity index (χ3n) is 9.66.